The van der Waals surface area contributed by atoms with E-state index >= 15 is 0 Å². The highest BCUT2D eigenvalue weighted by Crippen LogP contribution is 2.23. The van der Waals surface area contributed by atoms with Gasteiger partial charge in [0.25, 0.3) is 5.91 Å². The minimum Gasteiger partial charge on any atom is -0.504 e. The van der Waals surface area contributed by atoms with Gasteiger partial charge in [-0.05, 0) is 37.5 Å². The van der Waals surface area contributed by atoms with Gasteiger partial charge in [-0.3, -0.25) is 4.79 Å². The van der Waals surface area contributed by atoms with Gasteiger partial charge in [-0.15, -0.1) is 0 Å². The standard InChI is InChI=1S/C18H21NO3/c1-14(11-12-15-7-3-2-4-8-15)19-18(21)13-22-17-10-6-5-9-16(17)20/h2-10,14,20H,11-13H2,1H3,(H,19,21). The minimum absolute atomic E-state index is 0.0347. The van der Waals surface area contributed by atoms with Gasteiger partial charge in [0.1, 0.15) is 0 Å². The molecule has 0 aliphatic carbocycles. The van der Waals surface area contributed by atoms with Crippen LogP contribution in [0, 0.1) is 0 Å². The highest BCUT2D eigenvalue weighted by molar-refractivity contribution is 5.77. The van der Waals surface area contributed by atoms with E-state index in [1.165, 1.54) is 11.6 Å². The Hall–Kier alpha value is -2.49. The number of amides is 1. The summed E-state index contributed by atoms with van der Waals surface area (Å²) in [5.74, 6) is 0.158. The summed E-state index contributed by atoms with van der Waals surface area (Å²) in [6.45, 7) is 1.87. The fraction of sp³-hybridized carbons (Fsp3) is 0.278. The number of aryl methyl sites for hydroxylation is 1. The number of hydrogen-bond acceptors (Lipinski definition) is 3. The molecule has 0 radical (unpaired) electrons. The van der Waals surface area contributed by atoms with Gasteiger partial charge in [0.05, 0.1) is 0 Å². The molecule has 2 N–H and O–H groups in total. The molecule has 22 heavy (non-hydrogen) atoms. The molecule has 4 nitrogen and oxygen atoms in total. The molecule has 0 fully saturated rings. The van der Waals surface area contributed by atoms with E-state index in [1.54, 1.807) is 18.2 Å². The summed E-state index contributed by atoms with van der Waals surface area (Å²) < 4.78 is 5.30. The molecule has 0 spiro atoms. The third kappa shape index (κ3) is 5.13. The Morgan fingerprint density at radius 2 is 1.82 bits per heavy atom. The first-order chi connectivity index (χ1) is 10.6. The maximum Gasteiger partial charge on any atom is 0.258 e. The lowest BCUT2D eigenvalue weighted by Gasteiger charge is -2.14. The van der Waals surface area contributed by atoms with E-state index in [9.17, 15) is 9.90 Å². The number of carbonyl (C=O) groups excluding carboxylic acids is 1. The molecule has 0 saturated heterocycles. The maximum absolute atomic E-state index is 11.8. The van der Waals surface area contributed by atoms with Crippen molar-refractivity contribution in [2.45, 2.75) is 25.8 Å². The molecular formula is C18H21NO3. The van der Waals surface area contributed by atoms with Crippen LogP contribution in [0.15, 0.2) is 54.6 Å². The third-order valence-corrected chi connectivity index (χ3v) is 3.34. The molecule has 2 aromatic rings. The Morgan fingerprint density at radius 3 is 2.55 bits per heavy atom. The zero-order chi connectivity index (χ0) is 15.8. The number of nitrogens with one attached hydrogen (secondary N) is 1. The van der Waals surface area contributed by atoms with Crippen LogP contribution < -0.4 is 10.1 Å². The van der Waals surface area contributed by atoms with Gasteiger partial charge >= 0.3 is 0 Å². The Kier molecular flexibility index (Phi) is 5.83. The Balaban J connectivity index is 1.71. The number of phenols is 1. The fourth-order valence-corrected chi connectivity index (χ4v) is 2.14. The summed E-state index contributed by atoms with van der Waals surface area (Å²) in [5.41, 5.74) is 1.26. The molecule has 0 aromatic heterocycles. The van der Waals surface area contributed by atoms with E-state index in [0.29, 0.717) is 5.75 Å². The van der Waals surface area contributed by atoms with E-state index in [-0.39, 0.29) is 24.3 Å². The number of carbonyl (C=O) groups is 1. The summed E-state index contributed by atoms with van der Waals surface area (Å²) in [4.78, 5) is 11.8. The van der Waals surface area contributed by atoms with Crippen LogP contribution >= 0.6 is 0 Å². The van der Waals surface area contributed by atoms with Gasteiger partial charge < -0.3 is 15.2 Å². The van der Waals surface area contributed by atoms with E-state index in [4.69, 9.17) is 4.74 Å². The number of rotatable bonds is 7. The highest BCUT2D eigenvalue weighted by atomic mass is 16.5. The van der Waals surface area contributed by atoms with Crippen LogP contribution in [0.2, 0.25) is 0 Å². The Bertz CT molecular complexity index is 598. The average Bonchev–Trinajstić information content (AvgIpc) is 2.53. The van der Waals surface area contributed by atoms with Gasteiger partial charge in [-0.1, -0.05) is 42.5 Å². The first-order valence-electron chi connectivity index (χ1n) is 7.39. The van der Waals surface area contributed by atoms with Crippen molar-refractivity contribution in [2.75, 3.05) is 6.61 Å². The molecule has 2 rings (SSSR count). The zero-order valence-corrected chi connectivity index (χ0v) is 12.7. The van der Waals surface area contributed by atoms with E-state index < -0.39 is 0 Å². The van der Waals surface area contributed by atoms with Gasteiger partial charge in [0.15, 0.2) is 18.1 Å². The molecule has 1 unspecified atom stereocenters. The molecule has 4 heteroatoms. The van der Waals surface area contributed by atoms with Crippen molar-refractivity contribution in [3.63, 3.8) is 0 Å². The molecule has 116 valence electrons. The fourth-order valence-electron chi connectivity index (χ4n) is 2.14. The van der Waals surface area contributed by atoms with Crippen molar-refractivity contribution in [1.29, 1.82) is 0 Å². The van der Waals surface area contributed by atoms with Gasteiger partial charge in [-0.2, -0.15) is 0 Å². The van der Waals surface area contributed by atoms with Crippen LogP contribution in [0.5, 0.6) is 11.5 Å². The smallest absolute Gasteiger partial charge is 0.258 e. The van der Waals surface area contributed by atoms with E-state index in [2.05, 4.69) is 17.4 Å². The topological polar surface area (TPSA) is 58.6 Å². The lowest BCUT2D eigenvalue weighted by Crippen LogP contribution is -2.36. The zero-order valence-electron chi connectivity index (χ0n) is 12.7. The quantitative estimate of drug-likeness (QED) is 0.826. The monoisotopic (exact) mass is 299 g/mol. The first-order valence-corrected chi connectivity index (χ1v) is 7.39. The van der Waals surface area contributed by atoms with Gasteiger partial charge in [0.2, 0.25) is 0 Å². The molecular weight excluding hydrogens is 278 g/mol. The minimum atomic E-state index is -0.191. The maximum atomic E-state index is 11.8. The van der Waals surface area contributed by atoms with Crippen molar-refractivity contribution in [2.24, 2.45) is 0 Å². The normalized spacial score (nSPS) is 11.7. The van der Waals surface area contributed by atoms with Crippen LogP contribution in [0.25, 0.3) is 0 Å². The second-order valence-corrected chi connectivity index (χ2v) is 5.25. The predicted molar refractivity (Wildman–Crippen MR) is 86.0 cm³/mol. The van der Waals surface area contributed by atoms with Crippen molar-refractivity contribution >= 4 is 5.91 Å². The summed E-state index contributed by atoms with van der Waals surface area (Å²) in [5, 5.41) is 12.5. The molecule has 0 bridgehead atoms. The summed E-state index contributed by atoms with van der Waals surface area (Å²) in [6.07, 6.45) is 1.79. The number of para-hydroxylation sites is 2. The van der Waals surface area contributed by atoms with Crippen molar-refractivity contribution in [1.82, 2.24) is 5.32 Å². The summed E-state index contributed by atoms with van der Waals surface area (Å²) in [7, 11) is 0. The SMILES string of the molecule is CC(CCc1ccccc1)NC(=O)COc1ccccc1O. The number of ether oxygens (including phenoxy) is 1. The Morgan fingerprint density at radius 1 is 1.14 bits per heavy atom. The van der Waals surface area contributed by atoms with Crippen LogP contribution in [0.1, 0.15) is 18.9 Å². The molecule has 0 saturated carbocycles. The molecule has 1 atom stereocenters. The van der Waals surface area contributed by atoms with Gasteiger partial charge in [0, 0.05) is 6.04 Å². The second-order valence-electron chi connectivity index (χ2n) is 5.25. The lowest BCUT2D eigenvalue weighted by molar-refractivity contribution is -0.123. The number of phenolic OH excluding ortho intramolecular Hbond substituents is 1. The molecule has 0 heterocycles. The second kappa shape index (κ2) is 8.08. The van der Waals surface area contributed by atoms with E-state index in [1.807, 2.05) is 25.1 Å². The molecule has 0 aliphatic rings. The van der Waals surface area contributed by atoms with Crippen LogP contribution in [-0.4, -0.2) is 23.7 Å². The molecule has 0 aliphatic heterocycles. The van der Waals surface area contributed by atoms with Crippen molar-refractivity contribution in [3.05, 3.63) is 60.2 Å². The van der Waals surface area contributed by atoms with Crippen molar-refractivity contribution < 1.29 is 14.6 Å². The number of hydrogen-bond donors (Lipinski definition) is 2. The third-order valence-electron chi connectivity index (χ3n) is 3.34. The number of benzene rings is 2. The summed E-state index contributed by atoms with van der Waals surface area (Å²) in [6, 6.07) is 16.8. The van der Waals surface area contributed by atoms with Crippen LogP contribution in [0.3, 0.4) is 0 Å². The Labute approximate surface area is 130 Å². The molecule has 2 aromatic carbocycles. The van der Waals surface area contributed by atoms with Crippen LogP contribution in [-0.2, 0) is 11.2 Å². The number of aromatic hydroxyl groups is 1. The lowest BCUT2D eigenvalue weighted by atomic mass is 10.1. The van der Waals surface area contributed by atoms with Crippen LogP contribution in [0.4, 0.5) is 0 Å². The predicted octanol–water partition coefficient (Wildman–Crippen LogP) is 2.91. The highest BCUT2D eigenvalue weighted by Gasteiger charge is 2.09. The summed E-state index contributed by atoms with van der Waals surface area (Å²) >= 11 is 0. The van der Waals surface area contributed by atoms with E-state index in [0.717, 1.165) is 12.8 Å². The first kappa shape index (κ1) is 15.9. The van der Waals surface area contributed by atoms with Crippen molar-refractivity contribution in [3.8, 4) is 11.5 Å². The largest absolute Gasteiger partial charge is 0.504 e. The average molecular weight is 299 g/mol. The van der Waals surface area contributed by atoms with Gasteiger partial charge in [-0.25, -0.2) is 0 Å². The molecule has 1 amide bonds.